The van der Waals surface area contributed by atoms with Gasteiger partial charge >= 0.3 is 0 Å². The standard InChI is InChI=1S/C5H10N2O/c1-4-3-6-7-5(2)8-4/h4,6H,3H2,1-2H3. The van der Waals surface area contributed by atoms with Crippen molar-refractivity contribution in [2.45, 2.75) is 20.0 Å². The predicted molar refractivity (Wildman–Crippen MR) is 31.7 cm³/mol. The molecule has 3 heteroatoms. The van der Waals surface area contributed by atoms with Crippen molar-refractivity contribution in [2.75, 3.05) is 6.54 Å². The van der Waals surface area contributed by atoms with Crippen LogP contribution < -0.4 is 5.43 Å². The number of hydrogen-bond donors (Lipinski definition) is 1. The Morgan fingerprint density at radius 3 is 3.00 bits per heavy atom. The fourth-order valence-corrected chi connectivity index (χ4v) is 0.645. The lowest BCUT2D eigenvalue weighted by Gasteiger charge is -2.18. The minimum atomic E-state index is 0.271. The van der Waals surface area contributed by atoms with Gasteiger partial charge in [0.25, 0.3) is 0 Å². The SMILES string of the molecule is CC1=NNCC(C)O1. The number of hydrazone groups is 1. The third kappa shape index (κ3) is 1.12. The minimum absolute atomic E-state index is 0.271. The Labute approximate surface area is 48.7 Å². The van der Waals surface area contributed by atoms with Crippen LogP contribution in [0.2, 0.25) is 0 Å². The molecule has 0 spiro atoms. The zero-order chi connectivity index (χ0) is 5.98. The Morgan fingerprint density at radius 1 is 1.88 bits per heavy atom. The number of hydrogen-bond acceptors (Lipinski definition) is 3. The molecular weight excluding hydrogens is 104 g/mol. The van der Waals surface area contributed by atoms with Gasteiger partial charge in [-0.2, -0.15) is 0 Å². The first-order valence-electron chi connectivity index (χ1n) is 2.73. The molecule has 0 fully saturated rings. The van der Waals surface area contributed by atoms with Crippen LogP contribution in [0.5, 0.6) is 0 Å². The summed E-state index contributed by atoms with van der Waals surface area (Å²) in [5.74, 6) is 0.726. The molecule has 0 radical (unpaired) electrons. The molecule has 8 heavy (non-hydrogen) atoms. The van der Waals surface area contributed by atoms with Crippen molar-refractivity contribution < 1.29 is 4.74 Å². The van der Waals surface area contributed by atoms with Gasteiger partial charge in [-0.1, -0.05) is 0 Å². The molecule has 3 nitrogen and oxygen atoms in total. The van der Waals surface area contributed by atoms with E-state index in [4.69, 9.17) is 4.74 Å². The predicted octanol–water partition coefficient (Wildman–Crippen LogP) is 0.328. The average Bonchev–Trinajstić information content (AvgIpc) is 1.64. The van der Waals surface area contributed by atoms with Crippen LogP contribution in [-0.2, 0) is 4.74 Å². The molecule has 1 unspecified atom stereocenters. The summed E-state index contributed by atoms with van der Waals surface area (Å²) in [5.41, 5.74) is 2.85. The van der Waals surface area contributed by atoms with Crippen LogP contribution in [0.1, 0.15) is 13.8 Å². The Balaban J connectivity index is 2.45. The van der Waals surface area contributed by atoms with Gasteiger partial charge in [0.1, 0.15) is 6.10 Å². The summed E-state index contributed by atoms with van der Waals surface area (Å²) in [6.07, 6.45) is 0.271. The van der Waals surface area contributed by atoms with Gasteiger partial charge in [0.15, 0.2) is 0 Å². The van der Waals surface area contributed by atoms with E-state index < -0.39 is 0 Å². The molecule has 46 valence electrons. The third-order valence-electron chi connectivity index (χ3n) is 0.987. The topological polar surface area (TPSA) is 33.6 Å². The van der Waals surface area contributed by atoms with Crippen molar-refractivity contribution in [3.05, 3.63) is 0 Å². The number of ether oxygens (including phenoxy) is 1. The zero-order valence-electron chi connectivity index (χ0n) is 5.14. The molecule has 1 rings (SSSR count). The maximum absolute atomic E-state index is 5.17. The van der Waals surface area contributed by atoms with E-state index in [0.717, 1.165) is 12.4 Å². The average molecular weight is 114 g/mol. The molecule has 1 aliphatic heterocycles. The van der Waals surface area contributed by atoms with Gasteiger partial charge in [-0.05, 0) is 6.92 Å². The molecule has 0 aromatic heterocycles. The molecule has 1 aliphatic rings. The first kappa shape index (κ1) is 5.41. The van der Waals surface area contributed by atoms with Gasteiger partial charge in [0.2, 0.25) is 5.90 Å². The van der Waals surface area contributed by atoms with E-state index in [1.165, 1.54) is 0 Å². The van der Waals surface area contributed by atoms with Crippen LogP contribution in [0.25, 0.3) is 0 Å². The maximum Gasteiger partial charge on any atom is 0.202 e. The quantitative estimate of drug-likeness (QED) is 0.492. The summed E-state index contributed by atoms with van der Waals surface area (Å²) in [6, 6.07) is 0. The summed E-state index contributed by atoms with van der Waals surface area (Å²) in [4.78, 5) is 0. The lowest BCUT2D eigenvalue weighted by Crippen LogP contribution is -2.31. The van der Waals surface area contributed by atoms with Crippen molar-refractivity contribution in [1.82, 2.24) is 5.43 Å². The van der Waals surface area contributed by atoms with Crippen LogP contribution in [0.15, 0.2) is 5.10 Å². The normalized spacial score (nSPS) is 27.8. The monoisotopic (exact) mass is 114 g/mol. The third-order valence-corrected chi connectivity index (χ3v) is 0.987. The van der Waals surface area contributed by atoms with Gasteiger partial charge in [-0.25, -0.2) is 0 Å². The Bertz CT molecular complexity index is 111. The van der Waals surface area contributed by atoms with E-state index in [0.29, 0.717) is 0 Å². The van der Waals surface area contributed by atoms with Crippen molar-refractivity contribution >= 4 is 5.90 Å². The van der Waals surface area contributed by atoms with Gasteiger partial charge in [-0.3, -0.25) is 0 Å². The summed E-state index contributed by atoms with van der Waals surface area (Å²) in [6.45, 7) is 4.66. The summed E-state index contributed by atoms with van der Waals surface area (Å²) >= 11 is 0. The Kier molecular flexibility index (Phi) is 1.37. The second-order valence-electron chi connectivity index (χ2n) is 1.92. The highest BCUT2D eigenvalue weighted by Gasteiger charge is 2.06. The summed E-state index contributed by atoms with van der Waals surface area (Å²) < 4.78 is 5.17. The van der Waals surface area contributed by atoms with Crippen LogP contribution in [0, 0.1) is 0 Å². The van der Waals surface area contributed by atoms with E-state index in [9.17, 15) is 0 Å². The molecule has 0 aliphatic carbocycles. The zero-order valence-corrected chi connectivity index (χ0v) is 5.14. The van der Waals surface area contributed by atoms with E-state index >= 15 is 0 Å². The van der Waals surface area contributed by atoms with Crippen molar-refractivity contribution in [2.24, 2.45) is 5.10 Å². The highest BCUT2D eigenvalue weighted by molar-refractivity contribution is 5.73. The fraction of sp³-hybridized carbons (Fsp3) is 0.800. The Hall–Kier alpha value is -0.730. The molecule has 0 aromatic rings. The molecule has 0 amide bonds. The van der Waals surface area contributed by atoms with E-state index in [1.807, 2.05) is 13.8 Å². The van der Waals surface area contributed by atoms with Crippen LogP contribution >= 0.6 is 0 Å². The van der Waals surface area contributed by atoms with Crippen LogP contribution in [-0.4, -0.2) is 18.5 Å². The number of nitrogens with zero attached hydrogens (tertiary/aromatic N) is 1. The summed E-state index contributed by atoms with van der Waals surface area (Å²) in [5, 5.41) is 3.82. The molecule has 0 saturated carbocycles. The van der Waals surface area contributed by atoms with Gasteiger partial charge in [0, 0.05) is 6.92 Å². The van der Waals surface area contributed by atoms with Crippen LogP contribution in [0.4, 0.5) is 0 Å². The Morgan fingerprint density at radius 2 is 2.62 bits per heavy atom. The smallest absolute Gasteiger partial charge is 0.202 e. The lowest BCUT2D eigenvalue weighted by molar-refractivity contribution is 0.182. The first-order valence-corrected chi connectivity index (χ1v) is 2.73. The molecule has 1 N–H and O–H groups in total. The largest absolute Gasteiger partial charge is 0.475 e. The second kappa shape index (κ2) is 2.03. The van der Waals surface area contributed by atoms with Gasteiger partial charge in [-0.15, -0.1) is 5.10 Å². The second-order valence-corrected chi connectivity index (χ2v) is 1.92. The highest BCUT2D eigenvalue weighted by Crippen LogP contribution is 1.94. The van der Waals surface area contributed by atoms with Crippen LogP contribution in [0.3, 0.4) is 0 Å². The molecule has 0 saturated heterocycles. The molecular formula is C5H10N2O. The molecule has 0 aromatic carbocycles. The number of nitrogens with one attached hydrogen (secondary N) is 1. The summed E-state index contributed by atoms with van der Waals surface area (Å²) in [7, 11) is 0. The van der Waals surface area contributed by atoms with E-state index in [2.05, 4.69) is 10.5 Å². The molecule has 1 heterocycles. The minimum Gasteiger partial charge on any atom is -0.475 e. The fourth-order valence-electron chi connectivity index (χ4n) is 0.645. The number of rotatable bonds is 0. The first-order chi connectivity index (χ1) is 3.79. The van der Waals surface area contributed by atoms with Crippen molar-refractivity contribution in [3.63, 3.8) is 0 Å². The molecule has 0 bridgehead atoms. The van der Waals surface area contributed by atoms with Crippen molar-refractivity contribution in [3.8, 4) is 0 Å². The lowest BCUT2D eigenvalue weighted by atomic mass is 10.4. The van der Waals surface area contributed by atoms with E-state index in [1.54, 1.807) is 0 Å². The maximum atomic E-state index is 5.17. The van der Waals surface area contributed by atoms with Gasteiger partial charge in [0.05, 0.1) is 6.54 Å². The van der Waals surface area contributed by atoms with Gasteiger partial charge < -0.3 is 10.2 Å². The van der Waals surface area contributed by atoms with Crippen molar-refractivity contribution in [1.29, 1.82) is 0 Å². The highest BCUT2D eigenvalue weighted by atomic mass is 16.5. The molecule has 1 atom stereocenters. The van der Waals surface area contributed by atoms with E-state index in [-0.39, 0.29) is 6.10 Å².